The van der Waals surface area contributed by atoms with Crippen molar-refractivity contribution < 1.29 is 9.47 Å². The molecule has 4 nitrogen and oxygen atoms in total. The van der Waals surface area contributed by atoms with Crippen molar-refractivity contribution in [2.45, 2.75) is 6.61 Å². The fourth-order valence-electron chi connectivity index (χ4n) is 2.34. The van der Waals surface area contributed by atoms with E-state index in [-0.39, 0.29) is 0 Å². The van der Waals surface area contributed by atoms with Crippen molar-refractivity contribution in [3.05, 3.63) is 87.4 Å². The lowest BCUT2D eigenvalue weighted by molar-refractivity contribution is 0.0809. The Morgan fingerprint density at radius 1 is 1.00 bits per heavy atom. The van der Waals surface area contributed by atoms with Gasteiger partial charge in [-0.25, -0.2) is 4.98 Å². The number of hydrogen-bond donors (Lipinski definition) is 0. The predicted molar refractivity (Wildman–Crippen MR) is 110 cm³/mol. The molecule has 0 N–H and O–H groups in total. The fourth-order valence-corrected chi connectivity index (χ4v) is 2.96. The molecule has 0 atom stereocenters. The zero-order valence-electron chi connectivity index (χ0n) is 14.3. The Morgan fingerprint density at radius 3 is 2.48 bits per heavy atom. The number of hydrogen-bond acceptors (Lipinski definition) is 3. The molecule has 0 bridgehead atoms. The standard InChI is InChI=1S/C20H17Cl3N2O2/c21-16-3-1-15(2-4-16)13-26-9-10-27-20(12-25-8-7-24-14-25)18-6-5-17(22)11-19(18)23/h1-8,11-12,14H,9-10,13H2. The Balaban J connectivity index is 1.61. The van der Waals surface area contributed by atoms with E-state index in [1.54, 1.807) is 35.4 Å². The van der Waals surface area contributed by atoms with Gasteiger partial charge in [0.15, 0.2) is 0 Å². The van der Waals surface area contributed by atoms with Gasteiger partial charge in [-0.05, 0) is 35.9 Å². The molecule has 0 saturated carbocycles. The second-order valence-electron chi connectivity index (χ2n) is 5.65. The van der Waals surface area contributed by atoms with Crippen molar-refractivity contribution in [1.82, 2.24) is 9.55 Å². The molecule has 0 aliphatic carbocycles. The summed E-state index contributed by atoms with van der Waals surface area (Å²) in [6, 6.07) is 12.8. The van der Waals surface area contributed by atoms with Crippen molar-refractivity contribution >= 4 is 46.8 Å². The third-order valence-corrected chi connectivity index (χ3v) is 4.45. The Kier molecular flexibility index (Phi) is 7.18. The van der Waals surface area contributed by atoms with Crippen LogP contribution < -0.4 is 0 Å². The molecular weight excluding hydrogens is 407 g/mol. The van der Waals surface area contributed by atoms with Crippen molar-refractivity contribution in [2.75, 3.05) is 13.2 Å². The number of ether oxygens (including phenoxy) is 2. The zero-order valence-corrected chi connectivity index (χ0v) is 16.6. The van der Waals surface area contributed by atoms with Gasteiger partial charge in [0, 0.05) is 28.0 Å². The van der Waals surface area contributed by atoms with Crippen molar-refractivity contribution in [2.24, 2.45) is 0 Å². The van der Waals surface area contributed by atoms with E-state index in [1.807, 2.05) is 36.5 Å². The van der Waals surface area contributed by atoms with Crippen LogP contribution in [0.25, 0.3) is 12.0 Å². The van der Waals surface area contributed by atoms with Crippen LogP contribution in [0, 0.1) is 0 Å². The van der Waals surface area contributed by atoms with Gasteiger partial charge >= 0.3 is 0 Å². The first kappa shape index (κ1) is 19.8. The van der Waals surface area contributed by atoms with E-state index >= 15 is 0 Å². The molecule has 0 radical (unpaired) electrons. The number of halogens is 3. The first-order chi connectivity index (χ1) is 13.1. The summed E-state index contributed by atoms with van der Waals surface area (Å²) in [5.41, 5.74) is 1.79. The summed E-state index contributed by atoms with van der Waals surface area (Å²) in [6.45, 7) is 1.28. The average Bonchev–Trinajstić information content (AvgIpc) is 3.15. The third-order valence-electron chi connectivity index (χ3n) is 3.66. The van der Waals surface area contributed by atoms with E-state index in [4.69, 9.17) is 44.3 Å². The van der Waals surface area contributed by atoms with E-state index in [2.05, 4.69) is 4.98 Å². The highest BCUT2D eigenvalue weighted by molar-refractivity contribution is 6.35. The van der Waals surface area contributed by atoms with Crippen LogP contribution in [0.15, 0.2) is 61.2 Å². The lowest BCUT2D eigenvalue weighted by atomic mass is 10.2. The maximum atomic E-state index is 6.33. The molecule has 7 heteroatoms. The molecule has 0 unspecified atom stereocenters. The summed E-state index contributed by atoms with van der Waals surface area (Å²) in [6.07, 6.45) is 6.97. The average molecular weight is 424 g/mol. The molecule has 0 amide bonds. The van der Waals surface area contributed by atoms with Crippen molar-refractivity contribution in [3.8, 4) is 0 Å². The lowest BCUT2D eigenvalue weighted by Crippen LogP contribution is -2.05. The smallest absolute Gasteiger partial charge is 0.144 e. The highest BCUT2D eigenvalue weighted by Gasteiger charge is 2.09. The third kappa shape index (κ3) is 6.01. The number of benzene rings is 2. The number of aromatic nitrogens is 2. The van der Waals surface area contributed by atoms with Crippen LogP contribution in [0.5, 0.6) is 0 Å². The quantitative estimate of drug-likeness (QED) is 0.328. The first-order valence-corrected chi connectivity index (χ1v) is 9.35. The molecule has 140 valence electrons. The van der Waals surface area contributed by atoms with Gasteiger partial charge < -0.3 is 14.0 Å². The van der Waals surface area contributed by atoms with Crippen LogP contribution in [0.1, 0.15) is 11.1 Å². The van der Waals surface area contributed by atoms with Gasteiger partial charge in [0.25, 0.3) is 0 Å². The Morgan fingerprint density at radius 2 is 1.78 bits per heavy atom. The second kappa shape index (κ2) is 9.81. The van der Waals surface area contributed by atoms with Gasteiger partial charge in [-0.3, -0.25) is 0 Å². The summed E-state index contributed by atoms with van der Waals surface area (Å²) in [7, 11) is 0. The maximum Gasteiger partial charge on any atom is 0.144 e. The number of rotatable bonds is 8. The van der Waals surface area contributed by atoms with E-state index < -0.39 is 0 Å². The predicted octanol–water partition coefficient (Wildman–Crippen LogP) is 6.03. The molecule has 0 aliphatic heterocycles. The van der Waals surface area contributed by atoms with E-state index in [9.17, 15) is 0 Å². The molecule has 0 saturated heterocycles. The summed E-state index contributed by atoms with van der Waals surface area (Å²) >= 11 is 18.2. The van der Waals surface area contributed by atoms with E-state index in [0.717, 1.165) is 11.1 Å². The van der Waals surface area contributed by atoms with E-state index in [1.165, 1.54) is 0 Å². The zero-order chi connectivity index (χ0) is 19.1. The van der Waals surface area contributed by atoms with Crippen LogP contribution in [-0.4, -0.2) is 22.8 Å². The summed E-state index contributed by atoms with van der Waals surface area (Å²) in [4.78, 5) is 4.03. The van der Waals surface area contributed by atoms with Crippen molar-refractivity contribution in [3.63, 3.8) is 0 Å². The molecule has 0 fully saturated rings. The largest absolute Gasteiger partial charge is 0.489 e. The Labute approximate surface area is 172 Å². The summed E-state index contributed by atoms with van der Waals surface area (Å²) < 4.78 is 13.4. The highest BCUT2D eigenvalue weighted by Crippen LogP contribution is 2.28. The molecule has 3 aromatic rings. The molecule has 27 heavy (non-hydrogen) atoms. The molecule has 2 aromatic carbocycles. The SMILES string of the molecule is Clc1ccc(COCCOC(=Cn2ccnc2)c2ccc(Cl)cc2Cl)cc1. The monoisotopic (exact) mass is 422 g/mol. The minimum absolute atomic E-state index is 0.368. The van der Waals surface area contributed by atoms with Crippen molar-refractivity contribution in [1.29, 1.82) is 0 Å². The Hall–Kier alpha value is -1.98. The van der Waals surface area contributed by atoms with Gasteiger partial charge in [-0.2, -0.15) is 0 Å². The minimum atomic E-state index is 0.368. The van der Waals surface area contributed by atoms with E-state index in [0.29, 0.717) is 40.6 Å². The van der Waals surface area contributed by atoms with Crippen LogP contribution >= 0.6 is 34.8 Å². The minimum Gasteiger partial charge on any atom is -0.489 e. The van der Waals surface area contributed by atoms with Gasteiger partial charge in [0.2, 0.25) is 0 Å². The number of imidazole rings is 1. The highest BCUT2D eigenvalue weighted by atomic mass is 35.5. The first-order valence-electron chi connectivity index (χ1n) is 8.21. The summed E-state index contributed by atoms with van der Waals surface area (Å²) in [5.74, 6) is 0.602. The molecular formula is C20H17Cl3N2O2. The molecule has 0 spiro atoms. The fraction of sp³-hybridized carbons (Fsp3) is 0.150. The molecule has 3 rings (SSSR count). The topological polar surface area (TPSA) is 36.3 Å². The lowest BCUT2D eigenvalue weighted by Gasteiger charge is -2.13. The van der Waals surface area contributed by atoms with Crippen LogP contribution in [0.3, 0.4) is 0 Å². The van der Waals surface area contributed by atoms with Gasteiger partial charge in [0.1, 0.15) is 12.4 Å². The Bertz CT molecular complexity index is 894. The van der Waals surface area contributed by atoms with Gasteiger partial charge in [-0.15, -0.1) is 0 Å². The van der Waals surface area contributed by atoms with Gasteiger partial charge in [0.05, 0.1) is 30.8 Å². The normalized spacial score (nSPS) is 11.6. The molecule has 1 aromatic heterocycles. The molecule has 0 aliphatic rings. The van der Waals surface area contributed by atoms with Crippen LogP contribution in [0.2, 0.25) is 15.1 Å². The van der Waals surface area contributed by atoms with Gasteiger partial charge in [-0.1, -0.05) is 46.9 Å². The molecule has 1 heterocycles. The second-order valence-corrected chi connectivity index (χ2v) is 6.94. The number of nitrogens with zero attached hydrogens (tertiary/aromatic N) is 2. The van der Waals surface area contributed by atoms with Crippen LogP contribution in [0.4, 0.5) is 0 Å². The van der Waals surface area contributed by atoms with Crippen LogP contribution in [-0.2, 0) is 16.1 Å². The maximum absolute atomic E-state index is 6.33. The summed E-state index contributed by atoms with van der Waals surface area (Å²) in [5, 5.41) is 1.78.